The molecule has 0 spiro atoms. The van der Waals surface area contributed by atoms with E-state index >= 15 is 0 Å². The molecule has 0 aliphatic rings. The molecule has 3 aromatic rings. The molecule has 8 heteroatoms. The normalized spacial score (nSPS) is 13.2. The topological polar surface area (TPSA) is 92.4 Å². The van der Waals surface area contributed by atoms with E-state index in [0.717, 1.165) is 10.4 Å². The Morgan fingerprint density at radius 2 is 2.12 bits per heavy atom. The molecule has 0 aliphatic carbocycles. The number of carbonyl (C=O) groups is 1. The summed E-state index contributed by atoms with van der Waals surface area (Å²) in [5, 5.41) is 18.8. The minimum Gasteiger partial charge on any atom is -0.477 e. The lowest BCUT2D eigenvalue weighted by molar-refractivity contribution is 0.0690. The maximum atomic E-state index is 11.4. The van der Waals surface area contributed by atoms with E-state index < -0.39 is 5.97 Å². The summed E-state index contributed by atoms with van der Waals surface area (Å²) >= 11 is 1.51. The molecule has 0 aliphatic heterocycles. The molecule has 24 heavy (non-hydrogen) atoms. The van der Waals surface area contributed by atoms with Gasteiger partial charge in [0.05, 0.1) is 11.8 Å². The molecule has 3 rings (SSSR count). The van der Waals surface area contributed by atoms with Gasteiger partial charge in [0.2, 0.25) is 0 Å². The highest BCUT2D eigenvalue weighted by Gasteiger charge is 2.22. The Morgan fingerprint density at radius 3 is 2.79 bits per heavy atom. The number of nitrogens with zero attached hydrogens (tertiary/aromatic N) is 4. The summed E-state index contributed by atoms with van der Waals surface area (Å²) in [4.78, 5) is 21.0. The molecule has 126 valence electrons. The van der Waals surface area contributed by atoms with Gasteiger partial charge in [-0.25, -0.2) is 19.3 Å². The van der Waals surface area contributed by atoms with Gasteiger partial charge in [-0.15, -0.1) is 11.3 Å². The monoisotopic (exact) mass is 345 g/mol. The van der Waals surface area contributed by atoms with Gasteiger partial charge in [-0.2, -0.15) is 5.10 Å². The number of nitrogens with one attached hydrogen (secondary N) is 1. The van der Waals surface area contributed by atoms with Crippen molar-refractivity contribution in [3.63, 3.8) is 0 Å². The number of hydrogen-bond acceptors (Lipinski definition) is 6. The zero-order valence-corrected chi connectivity index (χ0v) is 14.8. The number of carboxylic acids is 1. The van der Waals surface area contributed by atoms with Gasteiger partial charge in [0.25, 0.3) is 0 Å². The molecule has 0 unspecified atom stereocenters. The molecular formula is C16H19N5O2S. The number of thiazole rings is 1. The minimum atomic E-state index is -1.08. The standard InChI is InChI=1S/C16H19N5O2S/c1-9(16(2,3)4)18-12-7-11(15(22)23)19-13(20-12)10-8-17-21-5-6-24-14(10)21/h5-9H,1-4H3,(H,22,23)(H,18,19,20)/t9-/m1/s1. The highest BCUT2D eigenvalue weighted by molar-refractivity contribution is 7.16. The fourth-order valence-corrected chi connectivity index (χ4v) is 2.86. The van der Waals surface area contributed by atoms with E-state index in [0.29, 0.717) is 11.6 Å². The van der Waals surface area contributed by atoms with Crippen LogP contribution in [0.1, 0.15) is 38.2 Å². The summed E-state index contributed by atoms with van der Waals surface area (Å²) in [6, 6.07) is 1.57. The second-order valence-electron chi connectivity index (χ2n) is 6.71. The number of fused-ring (bicyclic) bond motifs is 1. The molecule has 0 radical (unpaired) electrons. The zero-order chi connectivity index (χ0) is 17.5. The average Bonchev–Trinajstić information content (AvgIpc) is 3.08. The number of anilines is 1. The highest BCUT2D eigenvalue weighted by Crippen LogP contribution is 2.27. The van der Waals surface area contributed by atoms with Crippen LogP contribution < -0.4 is 5.32 Å². The van der Waals surface area contributed by atoms with Crippen molar-refractivity contribution < 1.29 is 9.90 Å². The summed E-state index contributed by atoms with van der Waals surface area (Å²) < 4.78 is 1.72. The third-order valence-electron chi connectivity index (χ3n) is 3.98. The van der Waals surface area contributed by atoms with Crippen molar-refractivity contribution in [2.75, 3.05) is 5.32 Å². The van der Waals surface area contributed by atoms with Crippen molar-refractivity contribution in [2.24, 2.45) is 5.41 Å². The molecule has 0 fully saturated rings. The Kier molecular flexibility index (Phi) is 4.00. The van der Waals surface area contributed by atoms with Crippen molar-refractivity contribution in [1.29, 1.82) is 0 Å². The molecule has 0 saturated carbocycles. The molecule has 0 saturated heterocycles. The van der Waals surface area contributed by atoms with Crippen molar-refractivity contribution in [3.05, 3.63) is 29.5 Å². The van der Waals surface area contributed by atoms with Crippen LogP contribution in [0, 0.1) is 5.41 Å². The molecule has 0 bridgehead atoms. The van der Waals surface area contributed by atoms with Gasteiger partial charge in [0, 0.05) is 23.7 Å². The van der Waals surface area contributed by atoms with Crippen molar-refractivity contribution in [1.82, 2.24) is 19.6 Å². The quantitative estimate of drug-likeness (QED) is 0.753. The maximum absolute atomic E-state index is 11.4. The van der Waals surface area contributed by atoms with Gasteiger partial charge in [0.15, 0.2) is 11.5 Å². The van der Waals surface area contributed by atoms with E-state index in [1.54, 1.807) is 10.7 Å². The second kappa shape index (κ2) is 5.86. The number of aromatic carboxylic acids is 1. The SMILES string of the molecule is C[C@@H](Nc1cc(C(=O)O)nc(-c2cnn3ccsc23)n1)C(C)(C)C. The van der Waals surface area contributed by atoms with E-state index in [1.807, 2.05) is 18.5 Å². The fourth-order valence-electron chi connectivity index (χ4n) is 2.07. The predicted molar refractivity (Wildman–Crippen MR) is 93.6 cm³/mol. The van der Waals surface area contributed by atoms with E-state index in [4.69, 9.17) is 0 Å². The van der Waals surface area contributed by atoms with Gasteiger partial charge >= 0.3 is 5.97 Å². The van der Waals surface area contributed by atoms with Crippen LogP contribution in [0.2, 0.25) is 0 Å². The van der Waals surface area contributed by atoms with Crippen LogP contribution in [0.25, 0.3) is 16.2 Å². The smallest absolute Gasteiger partial charge is 0.354 e. The first-order valence-corrected chi connectivity index (χ1v) is 8.44. The lowest BCUT2D eigenvalue weighted by Gasteiger charge is -2.28. The number of rotatable bonds is 4. The first-order valence-electron chi connectivity index (χ1n) is 7.56. The van der Waals surface area contributed by atoms with Gasteiger partial charge in [0.1, 0.15) is 10.6 Å². The predicted octanol–water partition coefficient (Wildman–Crippen LogP) is 3.40. The van der Waals surface area contributed by atoms with Gasteiger partial charge in [-0.05, 0) is 12.3 Å². The second-order valence-corrected chi connectivity index (χ2v) is 7.60. The summed E-state index contributed by atoms with van der Waals surface area (Å²) in [6.45, 7) is 8.37. The summed E-state index contributed by atoms with van der Waals surface area (Å²) in [6.07, 6.45) is 3.50. The average molecular weight is 345 g/mol. The van der Waals surface area contributed by atoms with Crippen molar-refractivity contribution >= 4 is 28.0 Å². The van der Waals surface area contributed by atoms with Crippen LogP contribution in [0.5, 0.6) is 0 Å². The first-order chi connectivity index (χ1) is 11.3. The van der Waals surface area contributed by atoms with Crippen LogP contribution in [-0.4, -0.2) is 36.7 Å². The van der Waals surface area contributed by atoms with Crippen LogP contribution in [0.4, 0.5) is 5.82 Å². The summed E-state index contributed by atoms with van der Waals surface area (Å²) in [7, 11) is 0. The largest absolute Gasteiger partial charge is 0.477 e. The van der Waals surface area contributed by atoms with Gasteiger partial charge in [-0.1, -0.05) is 20.8 Å². The van der Waals surface area contributed by atoms with E-state index in [2.05, 4.69) is 41.2 Å². The van der Waals surface area contributed by atoms with Crippen molar-refractivity contribution in [3.8, 4) is 11.4 Å². The zero-order valence-electron chi connectivity index (χ0n) is 13.9. The van der Waals surface area contributed by atoms with Crippen LogP contribution in [0.15, 0.2) is 23.8 Å². The van der Waals surface area contributed by atoms with Gasteiger partial charge < -0.3 is 10.4 Å². The van der Waals surface area contributed by atoms with E-state index in [-0.39, 0.29) is 17.2 Å². The van der Waals surface area contributed by atoms with Crippen molar-refractivity contribution in [2.45, 2.75) is 33.7 Å². The Labute approximate surface area is 143 Å². The van der Waals surface area contributed by atoms with Crippen LogP contribution in [0.3, 0.4) is 0 Å². The molecular weight excluding hydrogens is 326 g/mol. The molecule has 1 atom stereocenters. The number of carboxylic acid groups (broad SMARTS) is 1. The molecule has 3 aromatic heterocycles. The molecule has 7 nitrogen and oxygen atoms in total. The third-order valence-corrected chi connectivity index (χ3v) is 4.87. The van der Waals surface area contributed by atoms with Crippen LogP contribution in [-0.2, 0) is 0 Å². The maximum Gasteiger partial charge on any atom is 0.354 e. The fraction of sp³-hybridized carbons (Fsp3) is 0.375. The molecule has 2 N–H and O–H groups in total. The van der Waals surface area contributed by atoms with E-state index in [9.17, 15) is 9.90 Å². The molecule has 3 heterocycles. The Balaban J connectivity index is 2.07. The molecule has 0 aromatic carbocycles. The molecule has 0 amide bonds. The summed E-state index contributed by atoms with van der Waals surface area (Å²) in [5.41, 5.74) is 0.687. The lowest BCUT2D eigenvalue weighted by atomic mass is 9.88. The Bertz CT molecular complexity index is 893. The Hall–Kier alpha value is -2.48. The lowest BCUT2D eigenvalue weighted by Crippen LogP contribution is -2.31. The van der Waals surface area contributed by atoms with E-state index in [1.165, 1.54) is 17.4 Å². The highest BCUT2D eigenvalue weighted by atomic mass is 32.1. The Morgan fingerprint density at radius 1 is 1.38 bits per heavy atom. The summed E-state index contributed by atoms with van der Waals surface area (Å²) in [5.74, 6) is -0.230. The minimum absolute atomic E-state index is 0.00718. The van der Waals surface area contributed by atoms with Crippen LogP contribution >= 0.6 is 11.3 Å². The van der Waals surface area contributed by atoms with Gasteiger partial charge in [-0.3, -0.25) is 0 Å². The first kappa shape index (κ1) is 16.4. The number of hydrogen-bond donors (Lipinski definition) is 2. The third kappa shape index (κ3) is 3.09. The number of aromatic nitrogens is 4.